The Hall–Kier alpha value is -0.820. The zero-order chi connectivity index (χ0) is 22.4. The van der Waals surface area contributed by atoms with Crippen LogP contribution in [0.25, 0.3) is 0 Å². The highest BCUT2D eigenvalue weighted by atomic mass is 127. The molecule has 31 heavy (non-hydrogen) atoms. The van der Waals surface area contributed by atoms with Crippen LogP contribution in [0.1, 0.15) is 107 Å². The van der Waals surface area contributed by atoms with E-state index in [0.717, 1.165) is 12.2 Å². The van der Waals surface area contributed by atoms with Crippen LogP contribution in [0.2, 0.25) is 0 Å². The molecule has 0 atom stereocenters. The zero-order valence-electron chi connectivity index (χ0n) is 19.4. The number of halogens is 1. The predicted octanol–water partition coefficient (Wildman–Crippen LogP) is 7.53. The molecular weight excluding hydrogens is 501 g/mol. The fourth-order valence-corrected chi connectivity index (χ4v) is 4.15. The maximum absolute atomic E-state index is 11.8. The Morgan fingerprint density at radius 2 is 1.23 bits per heavy atom. The third-order valence-corrected chi connectivity index (χ3v) is 6.31. The van der Waals surface area contributed by atoms with Gasteiger partial charge in [0.2, 0.25) is 0 Å². The molecule has 1 aromatic rings. The van der Waals surface area contributed by atoms with E-state index in [4.69, 9.17) is 9.84 Å². The maximum atomic E-state index is 11.8. The highest BCUT2D eigenvalue weighted by molar-refractivity contribution is 14.1. The first-order valence-corrected chi connectivity index (χ1v) is 14.0. The highest BCUT2D eigenvalue weighted by Gasteiger charge is 2.06. The molecule has 178 valence electrons. The van der Waals surface area contributed by atoms with E-state index < -0.39 is 0 Å². The van der Waals surface area contributed by atoms with Crippen molar-refractivity contribution in [2.45, 2.75) is 96.3 Å². The highest BCUT2D eigenvalue weighted by Crippen LogP contribution is 2.14. The van der Waals surface area contributed by atoms with Crippen molar-refractivity contribution in [1.29, 1.82) is 0 Å². The number of ether oxygens (including phenoxy) is 1. The third-order valence-electron chi connectivity index (χ3n) is 5.55. The summed E-state index contributed by atoms with van der Waals surface area (Å²) in [6.07, 6.45) is 19.8. The first-order chi connectivity index (χ1) is 15.3. The van der Waals surface area contributed by atoms with E-state index in [9.17, 15) is 4.79 Å². The van der Waals surface area contributed by atoms with E-state index in [1.165, 1.54) is 94.3 Å². The fraction of sp³-hybridized carbons (Fsp3) is 0.731. The number of rotatable bonds is 21. The Morgan fingerprint density at radius 3 is 1.71 bits per heavy atom. The second-order valence-corrected chi connectivity index (χ2v) is 9.43. The number of anilines is 1. The van der Waals surface area contributed by atoms with Crippen molar-refractivity contribution in [2.75, 3.05) is 29.5 Å². The SMILES string of the molecule is O=C(OCCCO)c1ccc(NCCCCCCCCCCCCCCCCI)cc1. The molecule has 0 aliphatic heterocycles. The molecule has 1 rings (SSSR count). The first kappa shape index (κ1) is 28.2. The Bertz CT molecular complexity index is 536. The van der Waals surface area contributed by atoms with Crippen molar-refractivity contribution in [3.8, 4) is 0 Å². The van der Waals surface area contributed by atoms with Crippen LogP contribution in [0.15, 0.2) is 24.3 Å². The van der Waals surface area contributed by atoms with E-state index in [0.29, 0.717) is 12.0 Å². The van der Waals surface area contributed by atoms with Gasteiger partial charge in [0, 0.05) is 25.3 Å². The summed E-state index contributed by atoms with van der Waals surface area (Å²) < 4.78 is 6.40. The molecule has 5 heteroatoms. The van der Waals surface area contributed by atoms with Gasteiger partial charge in [0.05, 0.1) is 12.2 Å². The van der Waals surface area contributed by atoms with Crippen LogP contribution in [-0.4, -0.2) is 35.3 Å². The van der Waals surface area contributed by atoms with E-state index in [1.807, 2.05) is 12.1 Å². The van der Waals surface area contributed by atoms with Gasteiger partial charge in [-0.2, -0.15) is 0 Å². The summed E-state index contributed by atoms with van der Waals surface area (Å²) >= 11 is 2.47. The molecule has 0 radical (unpaired) electrons. The number of esters is 1. The topological polar surface area (TPSA) is 58.6 Å². The summed E-state index contributed by atoms with van der Waals surface area (Å²) in [5, 5.41) is 12.1. The molecule has 1 aromatic carbocycles. The Balaban J connectivity index is 1.89. The molecule has 0 aliphatic carbocycles. The van der Waals surface area contributed by atoms with E-state index in [2.05, 4.69) is 27.9 Å². The molecule has 4 nitrogen and oxygen atoms in total. The van der Waals surface area contributed by atoms with Gasteiger partial charge < -0.3 is 15.2 Å². The summed E-state index contributed by atoms with van der Waals surface area (Å²) in [7, 11) is 0. The van der Waals surface area contributed by atoms with Crippen molar-refractivity contribution < 1.29 is 14.6 Å². The van der Waals surface area contributed by atoms with Gasteiger partial charge in [0.15, 0.2) is 0 Å². The Morgan fingerprint density at radius 1 is 0.742 bits per heavy atom. The van der Waals surface area contributed by atoms with Crippen LogP contribution < -0.4 is 5.32 Å². The van der Waals surface area contributed by atoms with Crippen molar-refractivity contribution >= 4 is 34.2 Å². The number of benzene rings is 1. The normalized spacial score (nSPS) is 10.9. The first-order valence-electron chi connectivity index (χ1n) is 12.5. The van der Waals surface area contributed by atoms with Crippen molar-refractivity contribution in [3.05, 3.63) is 29.8 Å². The van der Waals surface area contributed by atoms with Crippen molar-refractivity contribution in [2.24, 2.45) is 0 Å². The minimum atomic E-state index is -0.331. The maximum Gasteiger partial charge on any atom is 0.338 e. The molecule has 0 spiro atoms. The summed E-state index contributed by atoms with van der Waals surface area (Å²) in [5.41, 5.74) is 1.59. The largest absolute Gasteiger partial charge is 0.462 e. The summed E-state index contributed by atoms with van der Waals surface area (Å²) in [5.74, 6) is -0.331. The van der Waals surface area contributed by atoms with Gasteiger partial charge in [-0.05, 0) is 41.5 Å². The van der Waals surface area contributed by atoms with E-state index in [-0.39, 0.29) is 19.2 Å². The summed E-state index contributed by atoms with van der Waals surface area (Å²) in [6.45, 7) is 1.27. The zero-order valence-corrected chi connectivity index (χ0v) is 21.5. The van der Waals surface area contributed by atoms with Crippen LogP contribution >= 0.6 is 22.6 Å². The van der Waals surface area contributed by atoms with E-state index >= 15 is 0 Å². The van der Waals surface area contributed by atoms with Gasteiger partial charge in [-0.15, -0.1) is 0 Å². The molecule has 0 aromatic heterocycles. The fourth-order valence-electron chi connectivity index (χ4n) is 3.61. The molecule has 2 N–H and O–H groups in total. The van der Waals surface area contributed by atoms with E-state index in [1.54, 1.807) is 12.1 Å². The van der Waals surface area contributed by atoms with Crippen LogP contribution in [0.5, 0.6) is 0 Å². The molecule has 0 saturated carbocycles. The number of carbonyl (C=O) groups excluding carboxylic acids is 1. The number of alkyl halides is 1. The van der Waals surface area contributed by atoms with Crippen molar-refractivity contribution in [3.63, 3.8) is 0 Å². The second kappa shape index (κ2) is 21.0. The third kappa shape index (κ3) is 16.5. The smallest absolute Gasteiger partial charge is 0.338 e. The standard InChI is InChI=1S/C26H44INO3/c27-20-13-11-9-7-5-3-1-2-4-6-8-10-12-14-21-28-25-18-16-24(17-19-25)26(30)31-23-15-22-29/h16-19,28-29H,1-15,20-23H2. The average Bonchev–Trinajstić information content (AvgIpc) is 2.79. The number of unbranched alkanes of at least 4 members (excludes halogenated alkanes) is 13. The van der Waals surface area contributed by atoms with Crippen LogP contribution in [0, 0.1) is 0 Å². The van der Waals surface area contributed by atoms with Gasteiger partial charge >= 0.3 is 5.97 Å². The van der Waals surface area contributed by atoms with Crippen LogP contribution in [-0.2, 0) is 4.74 Å². The predicted molar refractivity (Wildman–Crippen MR) is 140 cm³/mol. The Kier molecular flexibility index (Phi) is 19.2. The average molecular weight is 546 g/mol. The number of hydrogen-bond donors (Lipinski definition) is 2. The lowest BCUT2D eigenvalue weighted by Gasteiger charge is -2.08. The number of carbonyl (C=O) groups is 1. The van der Waals surface area contributed by atoms with Gasteiger partial charge in [-0.3, -0.25) is 0 Å². The number of hydrogen-bond acceptors (Lipinski definition) is 4. The van der Waals surface area contributed by atoms with Gasteiger partial charge in [0.25, 0.3) is 0 Å². The van der Waals surface area contributed by atoms with Gasteiger partial charge in [-0.1, -0.05) is 99.6 Å². The summed E-state index contributed by atoms with van der Waals surface area (Å²) in [4.78, 5) is 11.8. The minimum absolute atomic E-state index is 0.0370. The lowest BCUT2D eigenvalue weighted by atomic mass is 10.0. The molecule has 0 fully saturated rings. The molecule has 0 unspecified atom stereocenters. The number of aliphatic hydroxyl groups excluding tert-OH is 1. The molecule has 0 amide bonds. The quantitative estimate of drug-likeness (QED) is 0.0726. The molecule has 0 bridgehead atoms. The molecule has 0 aliphatic rings. The summed E-state index contributed by atoms with van der Waals surface area (Å²) in [6, 6.07) is 7.42. The monoisotopic (exact) mass is 545 g/mol. The van der Waals surface area contributed by atoms with Crippen LogP contribution in [0.4, 0.5) is 5.69 Å². The van der Waals surface area contributed by atoms with Gasteiger partial charge in [-0.25, -0.2) is 4.79 Å². The lowest BCUT2D eigenvalue weighted by molar-refractivity contribution is 0.0482. The molecular formula is C26H44INO3. The Labute approximate surface area is 204 Å². The second-order valence-electron chi connectivity index (χ2n) is 8.36. The molecule has 0 saturated heterocycles. The van der Waals surface area contributed by atoms with Crippen molar-refractivity contribution in [1.82, 2.24) is 0 Å². The minimum Gasteiger partial charge on any atom is -0.462 e. The lowest BCUT2D eigenvalue weighted by Crippen LogP contribution is -2.08. The molecule has 0 heterocycles. The van der Waals surface area contributed by atoms with Gasteiger partial charge in [0.1, 0.15) is 0 Å². The number of nitrogens with one attached hydrogen (secondary N) is 1. The number of aliphatic hydroxyl groups is 1. The van der Waals surface area contributed by atoms with Crippen LogP contribution in [0.3, 0.4) is 0 Å².